The fourth-order valence-corrected chi connectivity index (χ4v) is 9.57. The highest BCUT2D eigenvalue weighted by Crippen LogP contribution is 2.42. The average Bonchev–Trinajstić information content (AvgIpc) is 3.79. The van der Waals surface area contributed by atoms with Crippen LogP contribution in [0.3, 0.4) is 0 Å². The quantitative estimate of drug-likeness (QED) is 0.144. The number of anilines is 3. The minimum absolute atomic E-state index is 0.900. The van der Waals surface area contributed by atoms with E-state index in [1.807, 2.05) is 12.1 Å². The molecule has 66 heavy (non-hydrogen) atoms. The monoisotopic (exact) mass is 841 g/mol. The van der Waals surface area contributed by atoms with Crippen molar-refractivity contribution in [2.45, 2.75) is 0 Å². The highest BCUT2D eigenvalue weighted by Gasteiger charge is 2.17. The van der Waals surface area contributed by atoms with Gasteiger partial charge in [0, 0.05) is 33.4 Å². The number of hydrogen-bond acceptors (Lipinski definition) is 2. The molecule has 0 spiro atoms. The summed E-state index contributed by atoms with van der Waals surface area (Å²) >= 11 is 0. The molecule has 0 N–H and O–H groups in total. The predicted molar refractivity (Wildman–Crippen MR) is 279 cm³/mol. The summed E-state index contributed by atoms with van der Waals surface area (Å²) in [5, 5.41) is 4.75. The van der Waals surface area contributed by atoms with E-state index in [-0.39, 0.29) is 0 Å². The number of furan rings is 1. The molecule has 11 aromatic carbocycles. The Hall–Kier alpha value is -8.72. The number of para-hydroxylation sites is 2. The van der Waals surface area contributed by atoms with E-state index in [9.17, 15) is 0 Å². The van der Waals surface area contributed by atoms with Crippen LogP contribution in [0.15, 0.2) is 265 Å². The summed E-state index contributed by atoms with van der Waals surface area (Å²) in [6.07, 6.45) is 0. The lowest BCUT2D eigenvalue weighted by atomic mass is 9.93. The molecule has 1 aromatic heterocycles. The zero-order valence-corrected chi connectivity index (χ0v) is 36.2. The van der Waals surface area contributed by atoms with Crippen LogP contribution in [-0.4, -0.2) is 0 Å². The third kappa shape index (κ3) is 7.31. The van der Waals surface area contributed by atoms with Crippen LogP contribution in [0.4, 0.5) is 17.1 Å². The van der Waals surface area contributed by atoms with E-state index in [0.29, 0.717) is 0 Å². The first-order valence-corrected chi connectivity index (χ1v) is 22.6. The number of fused-ring (bicyclic) bond motifs is 4. The summed E-state index contributed by atoms with van der Waals surface area (Å²) in [6, 6.07) is 93.9. The van der Waals surface area contributed by atoms with Gasteiger partial charge in [0.25, 0.3) is 0 Å². The summed E-state index contributed by atoms with van der Waals surface area (Å²) in [6.45, 7) is 0. The molecule has 310 valence electrons. The molecular weight excluding hydrogens is 799 g/mol. The highest BCUT2D eigenvalue weighted by atomic mass is 16.3. The lowest BCUT2D eigenvalue weighted by Gasteiger charge is -2.26. The molecule has 12 rings (SSSR count). The number of hydrogen-bond donors (Lipinski definition) is 0. The second kappa shape index (κ2) is 16.8. The minimum atomic E-state index is 0.900. The van der Waals surface area contributed by atoms with Gasteiger partial charge >= 0.3 is 0 Å². The van der Waals surface area contributed by atoms with Gasteiger partial charge in [-0.2, -0.15) is 0 Å². The Labute approximate surface area is 384 Å². The van der Waals surface area contributed by atoms with Gasteiger partial charge < -0.3 is 9.32 Å². The lowest BCUT2D eigenvalue weighted by molar-refractivity contribution is 0.670. The van der Waals surface area contributed by atoms with E-state index in [4.69, 9.17) is 4.42 Å². The van der Waals surface area contributed by atoms with E-state index >= 15 is 0 Å². The molecule has 0 aliphatic carbocycles. The molecule has 0 amide bonds. The minimum Gasteiger partial charge on any atom is -0.455 e. The topological polar surface area (TPSA) is 16.4 Å². The van der Waals surface area contributed by atoms with Crippen molar-refractivity contribution in [2.24, 2.45) is 0 Å². The van der Waals surface area contributed by atoms with Crippen LogP contribution in [0.5, 0.6) is 0 Å². The summed E-state index contributed by atoms with van der Waals surface area (Å²) in [5.41, 5.74) is 19.0. The van der Waals surface area contributed by atoms with Gasteiger partial charge in [-0.1, -0.05) is 194 Å². The first kappa shape index (κ1) is 38.9. The van der Waals surface area contributed by atoms with Crippen molar-refractivity contribution in [3.8, 4) is 66.8 Å². The zero-order chi connectivity index (χ0) is 43.8. The Balaban J connectivity index is 0.957. The Bertz CT molecular complexity index is 3620. The SMILES string of the molecule is c1ccc(-c2cc(-c3ccccc3)cc(-c3ccc(N(c4ccc(-c5cccc6c5oc5ccccc56)cc4)c4cccc(-c5cccc(-c6cccc7ccccc67)c5)c4)cc3)c2)cc1. The molecule has 0 fully saturated rings. The van der Waals surface area contributed by atoms with Gasteiger partial charge in [-0.15, -0.1) is 0 Å². The van der Waals surface area contributed by atoms with E-state index in [2.05, 4.69) is 254 Å². The van der Waals surface area contributed by atoms with Gasteiger partial charge in [-0.25, -0.2) is 0 Å². The van der Waals surface area contributed by atoms with Gasteiger partial charge in [0.15, 0.2) is 0 Å². The molecule has 0 unspecified atom stereocenters. The normalized spacial score (nSPS) is 11.3. The number of benzene rings is 11. The van der Waals surface area contributed by atoms with Crippen molar-refractivity contribution >= 4 is 49.8 Å². The average molecular weight is 842 g/mol. The van der Waals surface area contributed by atoms with Gasteiger partial charge in [-0.05, 0) is 139 Å². The first-order valence-electron chi connectivity index (χ1n) is 22.6. The van der Waals surface area contributed by atoms with Crippen molar-refractivity contribution in [3.63, 3.8) is 0 Å². The molecule has 0 saturated heterocycles. The summed E-state index contributed by atoms with van der Waals surface area (Å²) in [7, 11) is 0. The van der Waals surface area contributed by atoms with Gasteiger partial charge in [0.2, 0.25) is 0 Å². The summed E-state index contributed by atoms with van der Waals surface area (Å²) in [4.78, 5) is 2.36. The lowest BCUT2D eigenvalue weighted by Crippen LogP contribution is -2.10. The largest absolute Gasteiger partial charge is 0.455 e. The molecule has 0 bridgehead atoms. The second-order valence-electron chi connectivity index (χ2n) is 16.9. The number of rotatable bonds is 9. The third-order valence-corrected chi connectivity index (χ3v) is 12.8. The van der Waals surface area contributed by atoms with E-state index in [1.165, 1.54) is 55.3 Å². The van der Waals surface area contributed by atoms with Crippen LogP contribution in [0, 0.1) is 0 Å². The van der Waals surface area contributed by atoms with Crippen molar-refractivity contribution < 1.29 is 4.42 Å². The Morgan fingerprint density at radius 3 is 1.39 bits per heavy atom. The van der Waals surface area contributed by atoms with Gasteiger partial charge in [0.1, 0.15) is 11.2 Å². The van der Waals surface area contributed by atoms with Gasteiger partial charge in [0.05, 0.1) is 0 Å². The molecule has 1 heterocycles. The van der Waals surface area contributed by atoms with Gasteiger partial charge in [-0.3, -0.25) is 0 Å². The fraction of sp³-hybridized carbons (Fsp3) is 0. The Morgan fingerprint density at radius 1 is 0.242 bits per heavy atom. The van der Waals surface area contributed by atoms with Crippen molar-refractivity contribution in [1.82, 2.24) is 0 Å². The summed E-state index contributed by atoms with van der Waals surface area (Å²) in [5.74, 6) is 0. The molecule has 0 aliphatic heterocycles. The van der Waals surface area contributed by atoms with E-state index in [1.54, 1.807) is 0 Å². The summed E-state index contributed by atoms with van der Waals surface area (Å²) < 4.78 is 6.47. The molecule has 0 saturated carbocycles. The van der Waals surface area contributed by atoms with E-state index in [0.717, 1.165) is 61.3 Å². The zero-order valence-electron chi connectivity index (χ0n) is 36.2. The maximum atomic E-state index is 6.47. The Morgan fingerprint density at radius 2 is 0.697 bits per heavy atom. The third-order valence-electron chi connectivity index (χ3n) is 12.8. The standard InChI is InChI=1S/C64H43NO/c1-3-15-44(16-4-1)52-40-53(45-17-5-2-6-18-45)42-54(41-52)46-31-35-55(36-32-46)65(56-37-33-48(34-38-56)60-28-14-29-62-61-26-9-10-30-63(61)66-64(60)62)57-24-12-22-50(43-57)49-21-11-23-51(39-49)59-27-13-20-47-19-7-8-25-58(47)59/h1-43H. The predicted octanol–water partition coefficient (Wildman–Crippen LogP) is 18.2. The second-order valence-corrected chi connectivity index (χ2v) is 16.9. The maximum Gasteiger partial charge on any atom is 0.143 e. The van der Waals surface area contributed by atoms with Crippen LogP contribution in [0.1, 0.15) is 0 Å². The molecule has 0 aliphatic rings. The van der Waals surface area contributed by atoms with E-state index < -0.39 is 0 Å². The molecule has 2 heteroatoms. The number of nitrogens with zero attached hydrogens (tertiary/aromatic N) is 1. The molecular formula is C64H43NO. The molecule has 0 radical (unpaired) electrons. The smallest absolute Gasteiger partial charge is 0.143 e. The molecule has 12 aromatic rings. The van der Waals surface area contributed by atoms with Crippen LogP contribution >= 0.6 is 0 Å². The van der Waals surface area contributed by atoms with Crippen LogP contribution < -0.4 is 4.90 Å². The Kier molecular flexibility index (Phi) is 9.89. The van der Waals surface area contributed by atoms with Crippen molar-refractivity contribution in [2.75, 3.05) is 4.90 Å². The van der Waals surface area contributed by atoms with Crippen molar-refractivity contribution in [3.05, 3.63) is 261 Å². The fourth-order valence-electron chi connectivity index (χ4n) is 9.57. The highest BCUT2D eigenvalue weighted by molar-refractivity contribution is 6.09. The van der Waals surface area contributed by atoms with Crippen LogP contribution in [0.2, 0.25) is 0 Å². The van der Waals surface area contributed by atoms with Crippen molar-refractivity contribution in [1.29, 1.82) is 0 Å². The molecule has 2 nitrogen and oxygen atoms in total. The first-order chi connectivity index (χ1) is 32.7. The molecule has 0 atom stereocenters. The maximum absolute atomic E-state index is 6.47. The van der Waals surface area contributed by atoms with Crippen LogP contribution in [0.25, 0.3) is 99.5 Å². The van der Waals surface area contributed by atoms with Crippen LogP contribution in [-0.2, 0) is 0 Å².